The third-order valence-electron chi connectivity index (χ3n) is 2.24. The molecular formula is C13H13N3O. The second-order valence-corrected chi connectivity index (χ2v) is 3.72. The predicted octanol–water partition coefficient (Wildman–Crippen LogP) is 2.37. The Kier molecular flexibility index (Phi) is 3.35. The van der Waals surface area contributed by atoms with Crippen LogP contribution in [0.5, 0.6) is 0 Å². The van der Waals surface area contributed by atoms with Crippen molar-refractivity contribution in [1.82, 2.24) is 10.2 Å². The Morgan fingerprint density at radius 3 is 3.06 bits per heavy atom. The number of hydrogen-bond acceptors (Lipinski definition) is 2. The molecule has 0 fully saturated rings. The molecule has 0 bridgehead atoms. The monoisotopic (exact) mass is 227 g/mol. The topological polar surface area (TPSA) is 57.8 Å². The first-order chi connectivity index (χ1) is 8.24. The van der Waals surface area contributed by atoms with Crippen LogP contribution >= 0.6 is 0 Å². The van der Waals surface area contributed by atoms with E-state index in [2.05, 4.69) is 15.5 Å². The lowest BCUT2D eigenvalue weighted by molar-refractivity contribution is -0.111. The van der Waals surface area contributed by atoms with Gasteiger partial charge in [-0.2, -0.15) is 5.10 Å². The average Bonchev–Trinajstić information content (AvgIpc) is 2.79. The second-order valence-electron chi connectivity index (χ2n) is 3.72. The van der Waals surface area contributed by atoms with Crippen molar-refractivity contribution in [1.29, 1.82) is 0 Å². The quantitative estimate of drug-likeness (QED) is 0.791. The Morgan fingerprint density at radius 1 is 1.47 bits per heavy atom. The summed E-state index contributed by atoms with van der Waals surface area (Å²) in [6, 6.07) is 7.95. The minimum Gasteiger partial charge on any atom is -0.320 e. The Labute approximate surface area is 99.4 Å². The van der Waals surface area contributed by atoms with E-state index >= 15 is 0 Å². The maximum atomic E-state index is 11.5. The van der Waals surface area contributed by atoms with Crippen molar-refractivity contribution in [3.8, 4) is 0 Å². The number of rotatable bonds is 3. The van der Waals surface area contributed by atoms with Gasteiger partial charge in [-0.25, -0.2) is 0 Å². The van der Waals surface area contributed by atoms with E-state index < -0.39 is 0 Å². The van der Waals surface area contributed by atoms with Crippen LogP contribution in [0.25, 0.3) is 6.08 Å². The molecule has 0 aliphatic carbocycles. The van der Waals surface area contributed by atoms with Crippen LogP contribution in [0.15, 0.2) is 42.7 Å². The van der Waals surface area contributed by atoms with Gasteiger partial charge >= 0.3 is 0 Å². The van der Waals surface area contributed by atoms with Gasteiger partial charge in [-0.3, -0.25) is 9.89 Å². The maximum absolute atomic E-state index is 11.5. The van der Waals surface area contributed by atoms with Crippen LogP contribution in [0.1, 0.15) is 11.1 Å². The van der Waals surface area contributed by atoms with Gasteiger partial charge in [-0.15, -0.1) is 0 Å². The van der Waals surface area contributed by atoms with E-state index in [0.29, 0.717) is 5.69 Å². The SMILES string of the molecule is Cc1cccc(/C=C/C(=O)Nc2cn[nH]c2)c1. The number of nitrogens with one attached hydrogen (secondary N) is 2. The molecule has 0 spiro atoms. The third-order valence-corrected chi connectivity index (χ3v) is 2.24. The molecule has 4 nitrogen and oxygen atoms in total. The molecule has 0 aliphatic heterocycles. The first-order valence-electron chi connectivity index (χ1n) is 5.28. The highest BCUT2D eigenvalue weighted by molar-refractivity contribution is 6.01. The Balaban J connectivity index is 1.99. The summed E-state index contributed by atoms with van der Waals surface area (Å²) in [4.78, 5) is 11.5. The fourth-order valence-corrected chi connectivity index (χ4v) is 1.45. The molecule has 4 heteroatoms. The van der Waals surface area contributed by atoms with Crippen molar-refractivity contribution in [3.63, 3.8) is 0 Å². The molecular weight excluding hydrogens is 214 g/mol. The number of H-pyrrole nitrogens is 1. The lowest BCUT2D eigenvalue weighted by Gasteiger charge is -1.97. The molecule has 0 atom stereocenters. The van der Waals surface area contributed by atoms with Crippen LogP contribution in [-0.4, -0.2) is 16.1 Å². The number of carbonyl (C=O) groups is 1. The van der Waals surface area contributed by atoms with Gasteiger partial charge in [0.1, 0.15) is 0 Å². The van der Waals surface area contributed by atoms with Gasteiger partial charge in [0.15, 0.2) is 0 Å². The summed E-state index contributed by atoms with van der Waals surface area (Å²) in [5.74, 6) is -0.173. The van der Waals surface area contributed by atoms with E-state index in [4.69, 9.17) is 0 Å². The van der Waals surface area contributed by atoms with Crippen LogP contribution < -0.4 is 5.32 Å². The third kappa shape index (κ3) is 3.31. The van der Waals surface area contributed by atoms with Crippen molar-refractivity contribution in [2.75, 3.05) is 5.32 Å². The van der Waals surface area contributed by atoms with E-state index in [1.807, 2.05) is 31.2 Å². The summed E-state index contributed by atoms with van der Waals surface area (Å²) in [5, 5.41) is 9.06. The Morgan fingerprint density at radius 2 is 2.35 bits per heavy atom. The first kappa shape index (κ1) is 11.1. The molecule has 2 N–H and O–H groups in total. The summed E-state index contributed by atoms with van der Waals surface area (Å²) < 4.78 is 0. The number of hydrogen-bond donors (Lipinski definition) is 2. The minimum atomic E-state index is -0.173. The molecule has 0 unspecified atom stereocenters. The number of amides is 1. The smallest absolute Gasteiger partial charge is 0.248 e. The molecule has 0 radical (unpaired) electrons. The number of benzene rings is 1. The fourth-order valence-electron chi connectivity index (χ4n) is 1.45. The normalized spacial score (nSPS) is 10.6. The molecule has 2 aromatic rings. The summed E-state index contributed by atoms with van der Waals surface area (Å²) in [7, 11) is 0. The Hall–Kier alpha value is -2.36. The lowest BCUT2D eigenvalue weighted by Crippen LogP contribution is -2.06. The largest absolute Gasteiger partial charge is 0.320 e. The first-order valence-corrected chi connectivity index (χ1v) is 5.28. The van der Waals surface area contributed by atoms with Crippen LogP contribution in [0.3, 0.4) is 0 Å². The highest BCUT2D eigenvalue weighted by Crippen LogP contribution is 2.06. The van der Waals surface area contributed by atoms with Gasteiger partial charge in [0, 0.05) is 12.3 Å². The van der Waals surface area contributed by atoms with Gasteiger partial charge in [0.25, 0.3) is 0 Å². The van der Waals surface area contributed by atoms with E-state index in [1.54, 1.807) is 18.5 Å². The molecule has 1 heterocycles. The summed E-state index contributed by atoms with van der Waals surface area (Å²) in [6.45, 7) is 2.02. The molecule has 1 aromatic heterocycles. The fraction of sp³-hybridized carbons (Fsp3) is 0.0769. The molecule has 1 amide bonds. The van der Waals surface area contributed by atoms with Gasteiger partial charge in [0.05, 0.1) is 11.9 Å². The maximum Gasteiger partial charge on any atom is 0.248 e. The second kappa shape index (κ2) is 5.12. The van der Waals surface area contributed by atoms with Gasteiger partial charge in [-0.1, -0.05) is 29.8 Å². The molecule has 1 aromatic carbocycles. The molecule has 17 heavy (non-hydrogen) atoms. The van der Waals surface area contributed by atoms with Crippen molar-refractivity contribution >= 4 is 17.7 Å². The number of aromatic amines is 1. The number of nitrogens with zero attached hydrogens (tertiary/aromatic N) is 1. The van der Waals surface area contributed by atoms with Gasteiger partial charge in [-0.05, 0) is 18.6 Å². The zero-order valence-electron chi connectivity index (χ0n) is 9.47. The summed E-state index contributed by atoms with van der Waals surface area (Å²) >= 11 is 0. The zero-order chi connectivity index (χ0) is 12.1. The standard InChI is InChI=1S/C13H13N3O/c1-10-3-2-4-11(7-10)5-6-13(17)16-12-8-14-15-9-12/h2-9H,1H3,(H,14,15)(H,16,17)/b6-5+. The lowest BCUT2D eigenvalue weighted by atomic mass is 10.1. The van der Waals surface area contributed by atoms with Gasteiger partial charge < -0.3 is 5.32 Å². The molecule has 0 aliphatic rings. The zero-order valence-corrected chi connectivity index (χ0v) is 9.47. The highest BCUT2D eigenvalue weighted by Gasteiger charge is 1.97. The summed E-state index contributed by atoms with van der Waals surface area (Å²) in [6.07, 6.45) is 6.46. The Bertz CT molecular complexity index is 529. The molecule has 86 valence electrons. The molecule has 2 rings (SSSR count). The molecule has 0 saturated heterocycles. The van der Waals surface area contributed by atoms with E-state index in [1.165, 1.54) is 11.6 Å². The van der Waals surface area contributed by atoms with Crippen LogP contribution in [0.2, 0.25) is 0 Å². The van der Waals surface area contributed by atoms with E-state index in [9.17, 15) is 4.79 Å². The van der Waals surface area contributed by atoms with E-state index in [-0.39, 0.29) is 5.91 Å². The average molecular weight is 227 g/mol. The number of carbonyl (C=O) groups excluding carboxylic acids is 1. The number of anilines is 1. The number of aromatic nitrogens is 2. The number of aryl methyl sites for hydroxylation is 1. The predicted molar refractivity (Wildman–Crippen MR) is 67.4 cm³/mol. The summed E-state index contributed by atoms with van der Waals surface area (Å²) in [5.41, 5.74) is 2.83. The van der Waals surface area contributed by atoms with Gasteiger partial charge in [0.2, 0.25) is 5.91 Å². The minimum absolute atomic E-state index is 0.173. The van der Waals surface area contributed by atoms with Crippen molar-refractivity contribution in [2.24, 2.45) is 0 Å². The van der Waals surface area contributed by atoms with Crippen LogP contribution in [-0.2, 0) is 4.79 Å². The van der Waals surface area contributed by atoms with E-state index in [0.717, 1.165) is 5.56 Å². The van der Waals surface area contributed by atoms with Crippen molar-refractivity contribution < 1.29 is 4.79 Å². The molecule has 0 saturated carbocycles. The van der Waals surface area contributed by atoms with Crippen molar-refractivity contribution in [2.45, 2.75) is 6.92 Å². The van der Waals surface area contributed by atoms with Crippen LogP contribution in [0, 0.1) is 6.92 Å². The van der Waals surface area contributed by atoms with Crippen molar-refractivity contribution in [3.05, 3.63) is 53.9 Å². The highest BCUT2D eigenvalue weighted by atomic mass is 16.1. The van der Waals surface area contributed by atoms with Crippen LogP contribution in [0.4, 0.5) is 5.69 Å².